The number of nitrogens with one attached hydrogen (secondary N) is 1. The molecular weight excluding hydrogens is 222 g/mol. The Morgan fingerprint density at radius 1 is 0.944 bits per heavy atom. The van der Waals surface area contributed by atoms with Crippen molar-refractivity contribution in [2.24, 2.45) is 29.6 Å². The van der Waals surface area contributed by atoms with Gasteiger partial charge < -0.3 is 10.1 Å². The van der Waals surface area contributed by atoms with E-state index in [2.05, 4.69) is 5.32 Å². The molecule has 1 N–H and O–H groups in total. The van der Waals surface area contributed by atoms with E-state index in [-0.39, 0.29) is 0 Å². The standard InChI is InChI=1S/C16H27NO/c1-2-13-12-8-15(14(13)3-1)16(9-12)17-6-7-18-10-11-4-5-11/h11-17H,1-10H2. The van der Waals surface area contributed by atoms with Crippen LogP contribution in [0.15, 0.2) is 0 Å². The van der Waals surface area contributed by atoms with Gasteiger partial charge in [0, 0.05) is 19.2 Å². The average molecular weight is 249 g/mol. The molecule has 0 radical (unpaired) electrons. The summed E-state index contributed by atoms with van der Waals surface area (Å²) in [5.74, 6) is 5.22. The van der Waals surface area contributed by atoms with Crippen LogP contribution in [-0.2, 0) is 4.74 Å². The monoisotopic (exact) mass is 249 g/mol. The molecule has 2 nitrogen and oxygen atoms in total. The molecular formula is C16H27NO. The van der Waals surface area contributed by atoms with Crippen LogP contribution in [0.5, 0.6) is 0 Å². The van der Waals surface area contributed by atoms with Gasteiger partial charge in [-0.15, -0.1) is 0 Å². The van der Waals surface area contributed by atoms with E-state index < -0.39 is 0 Å². The van der Waals surface area contributed by atoms with Crippen molar-refractivity contribution in [1.82, 2.24) is 5.32 Å². The van der Waals surface area contributed by atoms with E-state index in [0.717, 1.165) is 55.4 Å². The highest BCUT2D eigenvalue weighted by atomic mass is 16.5. The van der Waals surface area contributed by atoms with Crippen molar-refractivity contribution in [1.29, 1.82) is 0 Å². The predicted octanol–water partition coefficient (Wildman–Crippen LogP) is 2.83. The van der Waals surface area contributed by atoms with Crippen molar-refractivity contribution in [3.63, 3.8) is 0 Å². The van der Waals surface area contributed by atoms with Crippen LogP contribution in [0.25, 0.3) is 0 Å². The maximum Gasteiger partial charge on any atom is 0.0591 e. The molecule has 0 aromatic heterocycles. The van der Waals surface area contributed by atoms with Gasteiger partial charge in [0.25, 0.3) is 0 Å². The second-order valence-corrected chi connectivity index (χ2v) is 7.23. The topological polar surface area (TPSA) is 21.3 Å². The molecule has 102 valence electrons. The lowest BCUT2D eigenvalue weighted by Crippen LogP contribution is -2.40. The lowest BCUT2D eigenvalue weighted by molar-refractivity contribution is 0.118. The summed E-state index contributed by atoms with van der Waals surface area (Å²) in [5, 5.41) is 3.79. The molecule has 0 aliphatic heterocycles. The number of ether oxygens (including phenoxy) is 1. The fourth-order valence-corrected chi connectivity index (χ4v) is 5.15. The predicted molar refractivity (Wildman–Crippen MR) is 72.4 cm³/mol. The van der Waals surface area contributed by atoms with E-state index in [1.165, 1.54) is 38.5 Å². The van der Waals surface area contributed by atoms with Crippen molar-refractivity contribution in [3.05, 3.63) is 0 Å². The fourth-order valence-electron chi connectivity index (χ4n) is 5.15. The van der Waals surface area contributed by atoms with E-state index in [0.29, 0.717) is 0 Å². The first kappa shape index (κ1) is 11.7. The summed E-state index contributed by atoms with van der Waals surface area (Å²) >= 11 is 0. The molecule has 4 rings (SSSR count). The molecule has 0 heterocycles. The molecule has 5 atom stereocenters. The smallest absolute Gasteiger partial charge is 0.0591 e. The van der Waals surface area contributed by atoms with Gasteiger partial charge in [0.2, 0.25) is 0 Å². The molecule has 0 spiro atoms. The Kier molecular flexibility index (Phi) is 3.12. The molecule has 0 aromatic carbocycles. The first-order chi connectivity index (χ1) is 8.92. The molecule has 0 saturated heterocycles. The van der Waals surface area contributed by atoms with E-state index in [4.69, 9.17) is 4.74 Å². The molecule has 2 heteroatoms. The molecule has 18 heavy (non-hydrogen) atoms. The van der Waals surface area contributed by atoms with Crippen molar-refractivity contribution in [2.75, 3.05) is 19.8 Å². The summed E-state index contributed by atoms with van der Waals surface area (Å²) in [6, 6.07) is 0.832. The van der Waals surface area contributed by atoms with Crippen LogP contribution in [-0.4, -0.2) is 25.8 Å². The SMILES string of the molecule is C1CC2C3CC(NCCOCC4CC4)C(C3)C2C1. The number of hydrogen-bond acceptors (Lipinski definition) is 2. The molecule has 4 saturated carbocycles. The summed E-state index contributed by atoms with van der Waals surface area (Å²) in [7, 11) is 0. The second kappa shape index (κ2) is 4.79. The molecule has 4 aliphatic carbocycles. The summed E-state index contributed by atoms with van der Waals surface area (Å²) in [6.45, 7) is 3.03. The van der Waals surface area contributed by atoms with Gasteiger partial charge in [-0.1, -0.05) is 6.42 Å². The van der Waals surface area contributed by atoms with Crippen LogP contribution in [0, 0.1) is 29.6 Å². The zero-order chi connectivity index (χ0) is 11.9. The van der Waals surface area contributed by atoms with Gasteiger partial charge >= 0.3 is 0 Å². The highest BCUT2D eigenvalue weighted by Gasteiger charge is 2.53. The van der Waals surface area contributed by atoms with Gasteiger partial charge in [0.1, 0.15) is 0 Å². The fraction of sp³-hybridized carbons (Fsp3) is 1.00. The van der Waals surface area contributed by atoms with E-state index >= 15 is 0 Å². The van der Waals surface area contributed by atoms with Gasteiger partial charge in [0.05, 0.1) is 6.61 Å². The van der Waals surface area contributed by atoms with Crippen molar-refractivity contribution in [3.8, 4) is 0 Å². The summed E-state index contributed by atoms with van der Waals surface area (Å²) in [6.07, 6.45) is 10.4. The van der Waals surface area contributed by atoms with Crippen molar-refractivity contribution < 1.29 is 4.74 Å². The minimum atomic E-state index is 0.832. The lowest BCUT2D eigenvalue weighted by Gasteiger charge is -2.32. The second-order valence-electron chi connectivity index (χ2n) is 7.23. The Labute approximate surface area is 111 Å². The third-order valence-corrected chi connectivity index (χ3v) is 6.13. The molecule has 2 bridgehead atoms. The van der Waals surface area contributed by atoms with Crippen LogP contribution < -0.4 is 5.32 Å². The lowest BCUT2D eigenvalue weighted by atomic mass is 9.79. The third kappa shape index (κ3) is 2.12. The zero-order valence-corrected chi connectivity index (χ0v) is 11.4. The number of fused-ring (bicyclic) bond motifs is 5. The maximum absolute atomic E-state index is 5.72. The van der Waals surface area contributed by atoms with Crippen molar-refractivity contribution in [2.45, 2.75) is 51.0 Å². The highest BCUT2D eigenvalue weighted by Crippen LogP contribution is 2.58. The van der Waals surface area contributed by atoms with E-state index in [9.17, 15) is 0 Å². The Morgan fingerprint density at radius 3 is 2.72 bits per heavy atom. The van der Waals surface area contributed by atoms with Gasteiger partial charge in [-0.05, 0) is 68.1 Å². The average Bonchev–Trinajstić information content (AvgIpc) is 2.82. The Hall–Kier alpha value is -0.0800. The summed E-state index contributed by atoms with van der Waals surface area (Å²) in [5.41, 5.74) is 0. The summed E-state index contributed by atoms with van der Waals surface area (Å²) < 4.78 is 5.72. The molecule has 4 aliphatic rings. The Morgan fingerprint density at radius 2 is 1.83 bits per heavy atom. The minimum Gasteiger partial charge on any atom is -0.380 e. The third-order valence-electron chi connectivity index (χ3n) is 6.13. The van der Waals surface area contributed by atoms with Gasteiger partial charge in [0.15, 0.2) is 0 Å². The van der Waals surface area contributed by atoms with Crippen molar-refractivity contribution >= 4 is 0 Å². The Bertz CT molecular complexity index is 301. The first-order valence-electron chi connectivity index (χ1n) is 8.23. The number of hydrogen-bond donors (Lipinski definition) is 1. The van der Waals surface area contributed by atoms with Crippen LogP contribution in [0.1, 0.15) is 44.9 Å². The van der Waals surface area contributed by atoms with Crippen LogP contribution in [0.3, 0.4) is 0 Å². The molecule has 5 unspecified atom stereocenters. The molecule has 4 fully saturated rings. The van der Waals surface area contributed by atoms with Crippen LogP contribution >= 0.6 is 0 Å². The first-order valence-corrected chi connectivity index (χ1v) is 8.23. The van der Waals surface area contributed by atoms with Crippen LogP contribution in [0.4, 0.5) is 0 Å². The van der Waals surface area contributed by atoms with Gasteiger partial charge in [-0.2, -0.15) is 0 Å². The number of rotatable bonds is 6. The molecule has 0 amide bonds. The summed E-state index contributed by atoms with van der Waals surface area (Å²) in [4.78, 5) is 0. The normalized spacial score (nSPS) is 45.7. The van der Waals surface area contributed by atoms with Gasteiger partial charge in [-0.3, -0.25) is 0 Å². The molecule has 0 aromatic rings. The largest absolute Gasteiger partial charge is 0.380 e. The van der Waals surface area contributed by atoms with E-state index in [1.807, 2.05) is 0 Å². The van der Waals surface area contributed by atoms with Gasteiger partial charge in [-0.25, -0.2) is 0 Å². The zero-order valence-electron chi connectivity index (χ0n) is 11.4. The van der Waals surface area contributed by atoms with Crippen LogP contribution in [0.2, 0.25) is 0 Å². The maximum atomic E-state index is 5.72. The Balaban J connectivity index is 1.19. The quantitative estimate of drug-likeness (QED) is 0.731. The highest BCUT2D eigenvalue weighted by molar-refractivity contribution is 5.05. The van der Waals surface area contributed by atoms with E-state index in [1.54, 1.807) is 6.42 Å². The minimum absolute atomic E-state index is 0.832.